The third-order valence-electron chi connectivity index (χ3n) is 2.05. The van der Waals surface area contributed by atoms with Gasteiger partial charge >= 0.3 is 0 Å². The van der Waals surface area contributed by atoms with E-state index in [0.29, 0.717) is 31.9 Å². The van der Waals surface area contributed by atoms with E-state index in [-0.39, 0.29) is 17.7 Å². The molecule has 0 aromatic rings. The van der Waals surface area contributed by atoms with Gasteiger partial charge in [-0.15, -0.1) is 0 Å². The number of amides is 2. The van der Waals surface area contributed by atoms with Gasteiger partial charge in [0.2, 0.25) is 11.8 Å². The van der Waals surface area contributed by atoms with Crippen LogP contribution >= 0.6 is 0 Å². The summed E-state index contributed by atoms with van der Waals surface area (Å²) in [5.74, 6) is 0.247. The lowest BCUT2D eigenvalue weighted by Crippen LogP contribution is -2.29. The Kier molecular flexibility index (Phi) is 8.40. The van der Waals surface area contributed by atoms with Crippen LogP contribution in [0.25, 0.3) is 0 Å². The van der Waals surface area contributed by atoms with Crippen molar-refractivity contribution in [2.45, 2.75) is 40.5 Å². The van der Waals surface area contributed by atoms with Gasteiger partial charge < -0.3 is 5.32 Å². The molecule has 0 bridgehead atoms. The molecule has 0 aliphatic heterocycles. The van der Waals surface area contributed by atoms with Crippen LogP contribution in [0.3, 0.4) is 0 Å². The van der Waals surface area contributed by atoms with Gasteiger partial charge in [0, 0.05) is 18.9 Å². The zero-order valence-corrected chi connectivity index (χ0v) is 11.2. The highest BCUT2D eigenvalue weighted by Gasteiger charge is 2.06. The second-order valence-corrected chi connectivity index (χ2v) is 4.77. The molecular formula is C12H24N2O3. The van der Waals surface area contributed by atoms with Gasteiger partial charge in [0.05, 0.1) is 6.61 Å². The van der Waals surface area contributed by atoms with Crippen molar-refractivity contribution in [3.63, 3.8) is 0 Å². The quantitative estimate of drug-likeness (QED) is 0.498. The number of carbonyl (C=O) groups excluding carboxylic acids is 2. The summed E-state index contributed by atoms with van der Waals surface area (Å²) in [5.41, 5.74) is 2.34. The second kappa shape index (κ2) is 8.98. The minimum atomic E-state index is -0.144. The fourth-order valence-corrected chi connectivity index (χ4v) is 0.951. The molecule has 0 aromatic heterocycles. The minimum Gasteiger partial charge on any atom is -0.356 e. The molecule has 5 heteroatoms. The first-order valence-electron chi connectivity index (χ1n) is 6.11. The number of rotatable bonds is 8. The Hall–Kier alpha value is -1.10. The molecule has 17 heavy (non-hydrogen) atoms. The van der Waals surface area contributed by atoms with Crippen molar-refractivity contribution in [1.29, 1.82) is 0 Å². The summed E-state index contributed by atoms with van der Waals surface area (Å²) >= 11 is 0. The molecule has 5 nitrogen and oxygen atoms in total. The highest BCUT2D eigenvalue weighted by Crippen LogP contribution is 1.94. The SMILES string of the molecule is CC(C)CNC(=O)CCCONC(=O)C(C)C. The smallest absolute Gasteiger partial charge is 0.246 e. The molecule has 0 atom stereocenters. The molecule has 0 saturated carbocycles. The molecule has 0 radical (unpaired) electrons. The van der Waals surface area contributed by atoms with E-state index in [4.69, 9.17) is 4.84 Å². The lowest BCUT2D eigenvalue weighted by molar-refractivity contribution is -0.136. The van der Waals surface area contributed by atoms with E-state index in [1.54, 1.807) is 13.8 Å². The summed E-state index contributed by atoms with van der Waals surface area (Å²) in [7, 11) is 0. The van der Waals surface area contributed by atoms with E-state index in [9.17, 15) is 9.59 Å². The van der Waals surface area contributed by atoms with E-state index < -0.39 is 0 Å². The van der Waals surface area contributed by atoms with Crippen molar-refractivity contribution in [2.24, 2.45) is 11.8 Å². The second-order valence-electron chi connectivity index (χ2n) is 4.77. The molecule has 0 rings (SSSR count). The maximum Gasteiger partial charge on any atom is 0.246 e. The predicted octanol–water partition coefficient (Wildman–Crippen LogP) is 1.24. The average Bonchev–Trinajstić information content (AvgIpc) is 2.25. The molecule has 0 aliphatic carbocycles. The highest BCUT2D eigenvalue weighted by molar-refractivity contribution is 5.76. The number of hydrogen-bond acceptors (Lipinski definition) is 3. The Morgan fingerprint density at radius 3 is 2.35 bits per heavy atom. The third-order valence-corrected chi connectivity index (χ3v) is 2.05. The van der Waals surface area contributed by atoms with Crippen molar-refractivity contribution in [1.82, 2.24) is 10.8 Å². The summed E-state index contributed by atoms with van der Waals surface area (Å²) in [5, 5.41) is 2.82. The van der Waals surface area contributed by atoms with Crippen molar-refractivity contribution in [2.75, 3.05) is 13.2 Å². The molecule has 0 saturated heterocycles. The lowest BCUT2D eigenvalue weighted by atomic mass is 10.2. The molecule has 2 amide bonds. The summed E-state index contributed by atoms with van der Waals surface area (Å²) in [6.45, 7) is 8.73. The Labute approximate surface area is 103 Å². The van der Waals surface area contributed by atoms with Crippen LogP contribution in [0.15, 0.2) is 0 Å². The van der Waals surface area contributed by atoms with Crippen LogP contribution in [0, 0.1) is 11.8 Å². The van der Waals surface area contributed by atoms with Crippen molar-refractivity contribution < 1.29 is 14.4 Å². The number of carbonyl (C=O) groups is 2. The molecule has 100 valence electrons. The molecular weight excluding hydrogens is 220 g/mol. The molecule has 0 unspecified atom stereocenters. The van der Waals surface area contributed by atoms with Gasteiger partial charge in [-0.1, -0.05) is 27.7 Å². The zero-order valence-electron chi connectivity index (χ0n) is 11.2. The van der Waals surface area contributed by atoms with E-state index >= 15 is 0 Å². The van der Waals surface area contributed by atoms with Crippen LogP contribution in [0.1, 0.15) is 40.5 Å². The minimum absolute atomic E-state index is 0.0255. The first-order valence-corrected chi connectivity index (χ1v) is 6.11. The fraction of sp³-hybridized carbons (Fsp3) is 0.833. The molecule has 2 N–H and O–H groups in total. The van der Waals surface area contributed by atoms with E-state index in [1.165, 1.54) is 0 Å². The van der Waals surface area contributed by atoms with Gasteiger partial charge in [0.15, 0.2) is 0 Å². The lowest BCUT2D eigenvalue weighted by Gasteiger charge is -2.09. The Balaban J connectivity index is 3.39. The molecule has 0 fully saturated rings. The standard InChI is InChI=1S/C12H24N2O3/c1-9(2)8-13-11(15)6-5-7-17-14-12(16)10(3)4/h9-10H,5-8H2,1-4H3,(H,13,15)(H,14,16). The third kappa shape index (κ3) is 9.81. The van der Waals surface area contributed by atoms with Gasteiger partial charge in [-0.2, -0.15) is 0 Å². The van der Waals surface area contributed by atoms with Gasteiger partial charge in [-0.05, 0) is 12.3 Å². The Morgan fingerprint density at radius 1 is 1.18 bits per heavy atom. The molecule has 0 aromatic carbocycles. The maximum atomic E-state index is 11.3. The number of nitrogens with one attached hydrogen (secondary N) is 2. The predicted molar refractivity (Wildman–Crippen MR) is 66.0 cm³/mol. The average molecular weight is 244 g/mol. The van der Waals surface area contributed by atoms with Crippen LogP contribution in [-0.2, 0) is 14.4 Å². The maximum absolute atomic E-state index is 11.3. The summed E-state index contributed by atoms with van der Waals surface area (Å²) in [6.07, 6.45) is 1.02. The van der Waals surface area contributed by atoms with Gasteiger partial charge in [0.25, 0.3) is 0 Å². The number of hydroxylamine groups is 1. The summed E-state index contributed by atoms with van der Waals surface area (Å²) < 4.78 is 0. The topological polar surface area (TPSA) is 67.4 Å². The summed E-state index contributed by atoms with van der Waals surface area (Å²) in [4.78, 5) is 27.4. The van der Waals surface area contributed by atoms with Crippen LogP contribution in [-0.4, -0.2) is 25.0 Å². The molecule has 0 aliphatic rings. The van der Waals surface area contributed by atoms with Crippen molar-refractivity contribution in [3.05, 3.63) is 0 Å². The van der Waals surface area contributed by atoms with Crippen LogP contribution < -0.4 is 10.8 Å². The Morgan fingerprint density at radius 2 is 1.82 bits per heavy atom. The van der Waals surface area contributed by atoms with Crippen LogP contribution in [0.2, 0.25) is 0 Å². The first-order chi connectivity index (χ1) is 7.93. The fourth-order valence-electron chi connectivity index (χ4n) is 0.951. The van der Waals surface area contributed by atoms with Crippen LogP contribution in [0.4, 0.5) is 0 Å². The van der Waals surface area contributed by atoms with Crippen molar-refractivity contribution in [3.8, 4) is 0 Å². The first kappa shape index (κ1) is 15.9. The molecule has 0 heterocycles. The normalized spacial score (nSPS) is 10.7. The van der Waals surface area contributed by atoms with Crippen LogP contribution in [0.5, 0.6) is 0 Å². The van der Waals surface area contributed by atoms with Gasteiger partial charge in [-0.25, -0.2) is 5.48 Å². The summed E-state index contributed by atoms with van der Waals surface area (Å²) in [6, 6.07) is 0. The van der Waals surface area contributed by atoms with E-state index in [2.05, 4.69) is 10.8 Å². The number of hydrogen-bond donors (Lipinski definition) is 2. The monoisotopic (exact) mass is 244 g/mol. The molecule has 0 spiro atoms. The van der Waals surface area contributed by atoms with Gasteiger partial charge in [0.1, 0.15) is 0 Å². The van der Waals surface area contributed by atoms with Crippen molar-refractivity contribution >= 4 is 11.8 Å². The van der Waals surface area contributed by atoms with Gasteiger partial charge in [-0.3, -0.25) is 14.4 Å². The van der Waals surface area contributed by atoms with E-state index in [1.807, 2.05) is 13.8 Å². The zero-order chi connectivity index (χ0) is 13.3. The Bertz CT molecular complexity index is 240. The van der Waals surface area contributed by atoms with E-state index in [0.717, 1.165) is 0 Å². The largest absolute Gasteiger partial charge is 0.356 e. The highest BCUT2D eigenvalue weighted by atomic mass is 16.6.